The zero-order chi connectivity index (χ0) is 15.4. The van der Waals surface area contributed by atoms with Crippen LogP contribution in [0.1, 0.15) is 22.8 Å². The molecule has 0 aliphatic carbocycles. The highest BCUT2D eigenvalue weighted by Gasteiger charge is 2.17. The Labute approximate surface area is 120 Å². The maximum absolute atomic E-state index is 13.7. The Morgan fingerprint density at radius 2 is 2.10 bits per heavy atom. The van der Waals surface area contributed by atoms with Gasteiger partial charge in [0, 0.05) is 18.3 Å². The van der Waals surface area contributed by atoms with Gasteiger partial charge in [0.2, 0.25) is 5.88 Å². The smallest absolute Gasteiger partial charge is 0.219 e. The Morgan fingerprint density at radius 3 is 2.76 bits per heavy atom. The summed E-state index contributed by atoms with van der Waals surface area (Å²) in [5.41, 5.74) is 0.318. The molecule has 4 nitrogen and oxygen atoms in total. The first-order chi connectivity index (χ1) is 10.0. The van der Waals surface area contributed by atoms with Crippen LogP contribution in [-0.4, -0.2) is 17.9 Å². The number of hydrogen-bond donors (Lipinski definition) is 0. The topological polar surface area (TPSA) is 48.4 Å². The van der Waals surface area contributed by atoms with Gasteiger partial charge in [-0.1, -0.05) is 0 Å². The van der Waals surface area contributed by atoms with Gasteiger partial charge in [0.15, 0.2) is 5.78 Å². The summed E-state index contributed by atoms with van der Waals surface area (Å²) in [4.78, 5) is 15.4. The van der Waals surface area contributed by atoms with Crippen LogP contribution < -0.4 is 9.47 Å². The SMILES string of the molecule is COc1ncccc1COc1cc(F)cc(F)c1C(C)=O. The highest BCUT2D eigenvalue weighted by Crippen LogP contribution is 2.26. The minimum Gasteiger partial charge on any atom is -0.488 e. The summed E-state index contributed by atoms with van der Waals surface area (Å²) in [5.74, 6) is -2.10. The van der Waals surface area contributed by atoms with E-state index in [-0.39, 0.29) is 17.9 Å². The van der Waals surface area contributed by atoms with Gasteiger partial charge < -0.3 is 9.47 Å². The largest absolute Gasteiger partial charge is 0.488 e. The fraction of sp³-hybridized carbons (Fsp3) is 0.200. The van der Waals surface area contributed by atoms with E-state index >= 15 is 0 Å². The number of halogens is 2. The molecule has 2 rings (SSSR count). The third-order valence-corrected chi connectivity index (χ3v) is 2.80. The lowest BCUT2D eigenvalue weighted by Gasteiger charge is -2.12. The molecular weight excluding hydrogens is 280 g/mol. The zero-order valence-corrected chi connectivity index (χ0v) is 11.5. The molecule has 0 bridgehead atoms. The summed E-state index contributed by atoms with van der Waals surface area (Å²) in [7, 11) is 1.45. The van der Waals surface area contributed by atoms with Crippen LogP contribution in [0, 0.1) is 11.6 Å². The summed E-state index contributed by atoms with van der Waals surface area (Å²) < 4.78 is 37.3. The number of methoxy groups -OCH3 is 1. The molecule has 0 unspecified atom stereocenters. The minimum atomic E-state index is -0.948. The molecule has 1 aromatic carbocycles. The number of ketones is 1. The molecule has 0 N–H and O–H groups in total. The Bertz CT molecular complexity index is 674. The van der Waals surface area contributed by atoms with Crippen LogP contribution in [0.3, 0.4) is 0 Å². The van der Waals surface area contributed by atoms with Gasteiger partial charge in [0.1, 0.15) is 24.0 Å². The number of Topliss-reactive ketones (excluding diaryl/α,β-unsaturated/α-hetero) is 1. The zero-order valence-electron chi connectivity index (χ0n) is 11.5. The molecule has 21 heavy (non-hydrogen) atoms. The predicted octanol–water partition coefficient (Wildman–Crippen LogP) is 3.15. The second-order valence-electron chi connectivity index (χ2n) is 4.28. The van der Waals surface area contributed by atoms with E-state index in [1.807, 2.05) is 0 Å². The van der Waals surface area contributed by atoms with Crippen LogP contribution in [0.2, 0.25) is 0 Å². The Hall–Kier alpha value is -2.50. The Balaban J connectivity index is 2.30. The molecule has 0 aliphatic heterocycles. The summed E-state index contributed by atoms with van der Waals surface area (Å²) in [6.45, 7) is 1.16. The lowest BCUT2D eigenvalue weighted by Crippen LogP contribution is -2.06. The first kappa shape index (κ1) is 14.9. The highest BCUT2D eigenvalue weighted by molar-refractivity contribution is 5.97. The highest BCUT2D eigenvalue weighted by atomic mass is 19.1. The number of hydrogen-bond acceptors (Lipinski definition) is 4. The van der Waals surface area contributed by atoms with Gasteiger partial charge in [-0.3, -0.25) is 4.79 Å². The van der Waals surface area contributed by atoms with Crippen LogP contribution in [0.15, 0.2) is 30.5 Å². The summed E-state index contributed by atoms with van der Waals surface area (Å²) >= 11 is 0. The van der Waals surface area contributed by atoms with Gasteiger partial charge in [0.25, 0.3) is 0 Å². The van der Waals surface area contributed by atoms with Gasteiger partial charge >= 0.3 is 0 Å². The lowest BCUT2D eigenvalue weighted by molar-refractivity contribution is 0.100. The number of carbonyl (C=O) groups excluding carboxylic acids is 1. The van der Waals surface area contributed by atoms with Gasteiger partial charge in [-0.05, 0) is 19.1 Å². The molecule has 1 heterocycles. The first-order valence-electron chi connectivity index (χ1n) is 6.13. The van der Waals surface area contributed by atoms with Crippen molar-refractivity contribution in [1.29, 1.82) is 0 Å². The molecule has 0 radical (unpaired) electrons. The summed E-state index contributed by atoms with van der Waals surface area (Å²) in [6, 6.07) is 5.01. The van der Waals surface area contributed by atoms with E-state index in [4.69, 9.17) is 9.47 Å². The molecule has 6 heteroatoms. The van der Waals surface area contributed by atoms with Gasteiger partial charge in [0.05, 0.1) is 18.2 Å². The maximum Gasteiger partial charge on any atom is 0.219 e. The van der Waals surface area contributed by atoms with Crippen LogP contribution in [-0.2, 0) is 6.61 Å². The van der Waals surface area contributed by atoms with Crippen LogP contribution in [0.25, 0.3) is 0 Å². The second kappa shape index (κ2) is 6.30. The van der Waals surface area contributed by atoms with Crippen molar-refractivity contribution in [2.75, 3.05) is 7.11 Å². The molecule has 0 saturated carbocycles. The number of nitrogens with zero attached hydrogens (tertiary/aromatic N) is 1. The Kier molecular flexibility index (Phi) is 4.47. The number of ether oxygens (including phenoxy) is 2. The van der Waals surface area contributed by atoms with Gasteiger partial charge in [-0.25, -0.2) is 13.8 Å². The van der Waals surface area contributed by atoms with Crippen molar-refractivity contribution in [2.24, 2.45) is 0 Å². The molecule has 1 aromatic heterocycles. The van der Waals surface area contributed by atoms with Crippen molar-refractivity contribution in [3.05, 3.63) is 53.2 Å². The molecule has 0 atom stereocenters. The fourth-order valence-corrected chi connectivity index (χ4v) is 1.88. The van der Waals surface area contributed by atoms with Crippen LogP contribution in [0.4, 0.5) is 8.78 Å². The van der Waals surface area contributed by atoms with Crippen molar-refractivity contribution >= 4 is 5.78 Å². The van der Waals surface area contributed by atoms with Crippen LogP contribution >= 0.6 is 0 Å². The van der Waals surface area contributed by atoms with E-state index in [9.17, 15) is 13.6 Å². The molecule has 0 amide bonds. The summed E-state index contributed by atoms with van der Waals surface area (Å²) in [6.07, 6.45) is 1.55. The predicted molar refractivity (Wildman–Crippen MR) is 71.5 cm³/mol. The second-order valence-corrected chi connectivity index (χ2v) is 4.28. The van der Waals surface area contributed by atoms with Crippen LogP contribution in [0.5, 0.6) is 11.6 Å². The number of aromatic nitrogens is 1. The van der Waals surface area contributed by atoms with E-state index < -0.39 is 17.4 Å². The lowest BCUT2D eigenvalue weighted by atomic mass is 10.1. The molecule has 0 spiro atoms. The monoisotopic (exact) mass is 293 g/mol. The molecule has 0 fully saturated rings. The van der Waals surface area contributed by atoms with E-state index in [0.29, 0.717) is 17.5 Å². The molecule has 110 valence electrons. The van der Waals surface area contributed by atoms with Crippen molar-refractivity contribution in [2.45, 2.75) is 13.5 Å². The number of rotatable bonds is 5. The van der Waals surface area contributed by atoms with E-state index in [1.54, 1.807) is 18.3 Å². The van der Waals surface area contributed by atoms with Crippen molar-refractivity contribution in [3.63, 3.8) is 0 Å². The van der Waals surface area contributed by atoms with Gasteiger partial charge in [-0.2, -0.15) is 0 Å². The van der Waals surface area contributed by atoms with E-state index in [1.165, 1.54) is 14.0 Å². The minimum absolute atomic E-state index is 0.0276. The summed E-state index contributed by atoms with van der Waals surface area (Å²) in [5, 5.41) is 0. The van der Waals surface area contributed by atoms with Crippen molar-refractivity contribution in [1.82, 2.24) is 4.98 Å². The fourth-order valence-electron chi connectivity index (χ4n) is 1.88. The van der Waals surface area contributed by atoms with Crippen molar-refractivity contribution < 1.29 is 23.0 Å². The standard InChI is InChI=1S/C15H13F2NO3/c1-9(19)14-12(17)6-11(16)7-13(14)21-8-10-4-3-5-18-15(10)20-2/h3-7H,8H2,1-2H3. The number of benzene rings is 1. The molecule has 2 aromatic rings. The van der Waals surface area contributed by atoms with E-state index in [2.05, 4.69) is 4.98 Å². The maximum atomic E-state index is 13.7. The molecule has 0 saturated heterocycles. The normalized spacial score (nSPS) is 10.3. The number of carbonyl (C=O) groups is 1. The third-order valence-electron chi connectivity index (χ3n) is 2.80. The average molecular weight is 293 g/mol. The average Bonchev–Trinajstić information content (AvgIpc) is 2.44. The first-order valence-corrected chi connectivity index (χ1v) is 6.13. The third kappa shape index (κ3) is 3.34. The number of pyridine rings is 1. The molecule has 0 aliphatic rings. The van der Waals surface area contributed by atoms with E-state index in [0.717, 1.165) is 6.07 Å². The quantitative estimate of drug-likeness (QED) is 0.795. The molecular formula is C15H13F2NO3. The van der Waals surface area contributed by atoms with Crippen molar-refractivity contribution in [3.8, 4) is 11.6 Å². The van der Waals surface area contributed by atoms with Gasteiger partial charge in [-0.15, -0.1) is 0 Å². The Morgan fingerprint density at radius 1 is 1.33 bits per heavy atom.